The van der Waals surface area contributed by atoms with Crippen molar-refractivity contribution in [2.75, 3.05) is 6.54 Å². The predicted molar refractivity (Wildman–Crippen MR) is 77.3 cm³/mol. The number of aliphatic hydroxyl groups excluding tert-OH is 1. The first kappa shape index (κ1) is 19.0. The molecule has 23 heavy (non-hydrogen) atoms. The number of aliphatic hydroxyl groups is 1. The largest absolute Gasteiger partial charge is 0.416 e. The number of carbonyl (C=O) groups is 2. The standard InChI is InChI=1S/C15H19F3N2O3/c1-9(21)20-14(2,3)13(23)19-8-12(22)10-5-4-6-11(7-10)15(16,17)18/h4-7,12,22H,8H2,1-3H3,(H,19,23)(H,20,21). The summed E-state index contributed by atoms with van der Waals surface area (Å²) in [6.07, 6.45) is -5.80. The fourth-order valence-electron chi connectivity index (χ4n) is 1.95. The molecule has 0 spiro atoms. The van der Waals surface area contributed by atoms with Crippen molar-refractivity contribution in [3.05, 3.63) is 35.4 Å². The number of carbonyl (C=O) groups excluding carboxylic acids is 2. The summed E-state index contributed by atoms with van der Waals surface area (Å²) in [6, 6.07) is 4.25. The molecule has 0 heterocycles. The van der Waals surface area contributed by atoms with Crippen molar-refractivity contribution in [2.45, 2.75) is 38.6 Å². The Labute approximate surface area is 131 Å². The van der Waals surface area contributed by atoms with Gasteiger partial charge in [0.25, 0.3) is 0 Å². The van der Waals surface area contributed by atoms with E-state index in [-0.39, 0.29) is 12.1 Å². The number of alkyl halides is 3. The van der Waals surface area contributed by atoms with Gasteiger partial charge in [0.2, 0.25) is 11.8 Å². The molecule has 1 aromatic rings. The van der Waals surface area contributed by atoms with Crippen molar-refractivity contribution in [1.82, 2.24) is 10.6 Å². The summed E-state index contributed by atoms with van der Waals surface area (Å²) >= 11 is 0. The molecule has 3 N–H and O–H groups in total. The molecule has 0 saturated carbocycles. The zero-order valence-electron chi connectivity index (χ0n) is 13.0. The number of hydrogen-bond acceptors (Lipinski definition) is 3. The Morgan fingerprint density at radius 3 is 2.39 bits per heavy atom. The average molecular weight is 332 g/mol. The van der Waals surface area contributed by atoms with Gasteiger partial charge in [0.15, 0.2) is 0 Å². The Hall–Kier alpha value is -2.09. The molecule has 1 atom stereocenters. The Bertz CT molecular complexity index is 586. The van der Waals surface area contributed by atoms with Crippen LogP contribution in [0.25, 0.3) is 0 Å². The molecule has 2 amide bonds. The molecule has 0 aromatic heterocycles. The molecular formula is C15H19F3N2O3. The van der Waals surface area contributed by atoms with E-state index >= 15 is 0 Å². The first-order chi connectivity index (χ1) is 10.4. The van der Waals surface area contributed by atoms with Crippen molar-refractivity contribution in [2.24, 2.45) is 0 Å². The minimum atomic E-state index is -4.51. The minimum absolute atomic E-state index is 0.0393. The van der Waals surface area contributed by atoms with Crippen LogP contribution in [0.1, 0.15) is 38.0 Å². The van der Waals surface area contributed by atoms with Gasteiger partial charge >= 0.3 is 6.18 Å². The van der Waals surface area contributed by atoms with E-state index in [9.17, 15) is 27.9 Å². The maximum absolute atomic E-state index is 12.6. The van der Waals surface area contributed by atoms with E-state index in [0.29, 0.717) is 0 Å². The first-order valence-corrected chi connectivity index (χ1v) is 6.86. The smallest absolute Gasteiger partial charge is 0.387 e. The number of halogens is 3. The van der Waals surface area contributed by atoms with Gasteiger partial charge in [-0.15, -0.1) is 0 Å². The van der Waals surface area contributed by atoms with E-state index in [4.69, 9.17) is 0 Å². The van der Waals surface area contributed by atoms with E-state index in [1.807, 2.05) is 0 Å². The molecule has 0 aliphatic heterocycles. The highest BCUT2D eigenvalue weighted by atomic mass is 19.4. The fraction of sp³-hybridized carbons (Fsp3) is 0.467. The Balaban J connectivity index is 2.72. The zero-order valence-corrected chi connectivity index (χ0v) is 13.0. The lowest BCUT2D eigenvalue weighted by molar-refractivity contribution is -0.137. The van der Waals surface area contributed by atoms with E-state index in [1.54, 1.807) is 0 Å². The van der Waals surface area contributed by atoms with Gasteiger partial charge in [-0.2, -0.15) is 13.2 Å². The van der Waals surface area contributed by atoms with Crippen molar-refractivity contribution >= 4 is 11.8 Å². The molecule has 1 rings (SSSR count). The summed E-state index contributed by atoms with van der Waals surface area (Å²) < 4.78 is 37.9. The number of hydrogen-bond donors (Lipinski definition) is 3. The lowest BCUT2D eigenvalue weighted by Gasteiger charge is -2.25. The third-order valence-corrected chi connectivity index (χ3v) is 3.11. The third kappa shape index (κ3) is 5.55. The number of rotatable bonds is 5. The lowest BCUT2D eigenvalue weighted by atomic mass is 10.0. The summed E-state index contributed by atoms with van der Waals surface area (Å²) in [4.78, 5) is 23.0. The third-order valence-electron chi connectivity index (χ3n) is 3.11. The second-order valence-corrected chi connectivity index (χ2v) is 5.66. The summed E-state index contributed by atoms with van der Waals surface area (Å²) in [7, 11) is 0. The SMILES string of the molecule is CC(=O)NC(C)(C)C(=O)NCC(O)c1cccc(C(F)(F)F)c1. The maximum atomic E-state index is 12.6. The van der Waals surface area contributed by atoms with E-state index in [1.165, 1.54) is 32.9 Å². The molecule has 8 heteroatoms. The fourth-order valence-corrected chi connectivity index (χ4v) is 1.95. The van der Waals surface area contributed by atoms with Crippen LogP contribution in [0.15, 0.2) is 24.3 Å². The van der Waals surface area contributed by atoms with Gasteiger partial charge in [-0.1, -0.05) is 12.1 Å². The maximum Gasteiger partial charge on any atom is 0.416 e. The molecule has 0 saturated heterocycles. The Kier molecular flexibility index (Phi) is 5.76. The molecule has 1 aromatic carbocycles. The van der Waals surface area contributed by atoms with Gasteiger partial charge in [-0.25, -0.2) is 0 Å². The summed E-state index contributed by atoms with van der Waals surface area (Å²) in [5.41, 5.74) is -2.03. The highest BCUT2D eigenvalue weighted by Gasteiger charge is 2.31. The van der Waals surface area contributed by atoms with E-state index in [2.05, 4.69) is 10.6 Å². The highest BCUT2D eigenvalue weighted by molar-refractivity contribution is 5.90. The minimum Gasteiger partial charge on any atom is -0.387 e. The van der Waals surface area contributed by atoms with Crippen LogP contribution < -0.4 is 10.6 Å². The van der Waals surface area contributed by atoms with Gasteiger partial charge in [0.05, 0.1) is 11.7 Å². The van der Waals surface area contributed by atoms with Gasteiger partial charge in [0, 0.05) is 13.5 Å². The Morgan fingerprint density at radius 2 is 1.87 bits per heavy atom. The molecule has 128 valence electrons. The predicted octanol–water partition coefficient (Wildman–Crippen LogP) is 1.77. The van der Waals surface area contributed by atoms with Crippen molar-refractivity contribution in [3.63, 3.8) is 0 Å². The van der Waals surface area contributed by atoms with Crippen molar-refractivity contribution in [3.8, 4) is 0 Å². The van der Waals surface area contributed by atoms with Crippen LogP contribution in [-0.4, -0.2) is 29.0 Å². The molecule has 0 fully saturated rings. The van der Waals surface area contributed by atoms with Crippen molar-refractivity contribution in [1.29, 1.82) is 0 Å². The van der Waals surface area contributed by atoms with Crippen LogP contribution in [0.3, 0.4) is 0 Å². The second-order valence-electron chi connectivity index (χ2n) is 5.66. The van der Waals surface area contributed by atoms with E-state index < -0.39 is 35.2 Å². The van der Waals surface area contributed by atoms with Crippen LogP contribution in [0.5, 0.6) is 0 Å². The normalized spacial score (nSPS) is 13.3. The van der Waals surface area contributed by atoms with Crippen molar-refractivity contribution < 1.29 is 27.9 Å². The second kappa shape index (κ2) is 6.99. The molecule has 0 aliphatic carbocycles. The van der Waals surface area contributed by atoms with Gasteiger partial charge in [-0.05, 0) is 31.5 Å². The van der Waals surface area contributed by atoms with Crippen LogP contribution in [0, 0.1) is 0 Å². The van der Waals surface area contributed by atoms with Crippen LogP contribution >= 0.6 is 0 Å². The zero-order chi connectivity index (χ0) is 17.8. The quantitative estimate of drug-likeness (QED) is 0.769. The van der Waals surface area contributed by atoms with Crippen LogP contribution in [-0.2, 0) is 15.8 Å². The molecule has 1 unspecified atom stereocenters. The van der Waals surface area contributed by atoms with Crippen LogP contribution in [0.2, 0.25) is 0 Å². The first-order valence-electron chi connectivity index (χ1n) is 6.86. The Morgan fingerprint density at radius 1 is 1.26 bits per heavy atom. The summed E-state index contributed by atoms with van der Waals surface area (Å²) in [5, 5.41) is 14.8. The summed E-state index contributed by atoms with van der Waals surface area (Å²) in [6.45, 7) is 3.93. The molecule has 0 bridgehead atoms. The molecule has 5 nitrogen and oxygen atoms in total. The number of nitrogens with one attached hydrogen (secondary N) is 2. The topological polar surface area (TPSA) is 78.4 Å². The number of amides is 2. The molecular weight excluding hydrogens is 313 g/mol. The monoisotopic (exact) mass is 332 g/mol. The molecule has 0 aliphatic rings. The average Bonchev–Trinajstić information content (AvgIpc) is 2.42. The molecule has 0 radical (unpaired) electrons. The summed E-state index contributed by atoms with van der Waals surface area (Å²) in [5.74, 6) is -0.956. The van der Waals surface area contributed by atoms with Gasteiger partial charge < -0.3 is 15.7 Å². The van der Waals surface area contributed by atoms with Gasteiger partial charge in [-0.3, -0.25) is 9.59 Å². The lowest BCUT2D eigenvalue weighted by Crippen LogP contribution is -2.54. The van der Waals surface area contributed by atoms with E-state index in [0.717, 1.165) is 12.1 Å². The van der Waals surface area contributed by atoms with Gasteiger partial charge in [0.1, 0.15) is 5.54 Å². The van der Waals surface area contributed by atoms with Crippen LogP contribution in [0.4, 0.5) is 13.2 Å². The highest BCUT2D eigenvalue weighted by Crippen LogP contribution is 2.30. The number of benzene rings is 1.